The van der Waals surface area contributed by atoms with Crippen LogP contribution in [-0.2, 0) is 0 Å². The minimum absolute atomic E-state index is 0.0550. The highest BCUT2D eigenvalue weighted by Crippen LogP contribution is 2.04. The molecule has 0 aliphatic carbocycles. The number of rotatable bonds is 2. The van der Waals surface area contributed by atoms with Crippen LogP contribution in [0.4, 0.5) is 0 Å². The number of amides is 1. The molecule has 0 atom stereocenters. The van der Waals surface area contributed by atoms with Crippen LogP contribution in [0.15, 0.2) is 30.7 Å². The lowest BCUT2D eigenvalue weighted by atomic mass is 10.2. The Morgan fingerprint density at radius 1 is 1.47 bits per heavy atom. The van der Waals surface area contributed by atoms with Crippen molar-refractivity contribution < 1.29 is 4.79 Å². The second kappa shape index (κ2) is 3.73. The van der Waals surface area contributed by atoms with Gasteiger partial charge >= 0.3 is 0 Å². The maximum Gasteiger partial charge on any atom is 0.252 e. The maximum absolute atomic E-state index is 11.7. The molecule has 0 bridgehead atoms. The van der Waals surface area contributed by atoms with Crippen molar-refractivity contribution in [3.8, 4) is 0 Å². The molecule has 0 radical (unpaired) electrons. The Kier molecular flexibility index (Phi) is 2.41. The van der Waals surface area contributed by atoms with Gasteiger partial charge in [0.1, 0.15) is 5.65 Å². The number of aromatic nitrogens is 2. The molecule has 0 unspecified atom stereocenters. The molecule has 1 N–H and O–H groups in total. The number of fused-ring (bicyclic) bond motifs is 1. The molecular formula is C11H13N3O. The van der Waals surface area contributed by atoms with Gasteiger partial charge in [0.15, 0.2) is 0 Å². The highest BCUT2D eigenvalue weighted by atomic mass is 16.1. The van der Waals surface area contributed by atoms with Crippen LogP contribution in [0.3, 0.4) is 0 Å². The Hall–Kier alpha value is -1.84. The number of carbonyl (C=O) groups excluding carboxylic acids is 1. The van der Waals surface area contributed by atoms with Gasteiger partial charge in [-0.15, -0.1) is 0 Å². The quantitative estimate of drug-likeness (QED) is 0.803. The molecule has 2 rings (SSSR count). The van der Waals surface area contributed by atoms with Crippen LogP contribution in [0.25, 0.3) is 5.65 Å². The topological polar surface area (TPSA) is 46.4 Å². The van der Waals surface area contributed by atoms with Crippen molar-refractivity contribution >= 4 is 11.6 Å². The highest BCUT2D eigenvalue weighted by Gasteiger charge is 2.07. The van der Waals surface area contributed by atoms with E-state index in [-0.39, 0.29) is 11.9 Å². The first-order chi connectivity index (χ1) is 7.16. The number of hydrogen-bond acceptors (Lipinski definition) is 2. The molecule has 4 nitrogen and oxygen atoms in total. The molecule has 2 aromatic heterocycles. The molecule has 0 saturated heterocycles. The number of nitrogens with zero attached hydrogens (tertiary/aromatic N) is 2. The Morgan fingerprint density at radius 2 is 2.27 bits per heavy atom. The van der Waals surface area contributed by atoms with E-state index in [4.69, 9.17) is 0 Å². The third kappa shape index (κ3) is 1.98. The van der Waals surface area contributed by atoms with Crippen molar-refractivity contribution in [2.24, 2.45) is 0 Å². The number of nitrogens with one attached hydrogen (secondary N) is 1. The van der Waals surface area contributed by atoms with Gasteiger partial charge in [-0.1, -0.05) is 0 Å². The molecule has 0 spiro atoms. The summed E-state index contributed by atoms with van der Waals surface area (Å²) in [5, 5.41) is 2.84. The van der Waals surface area contributed by atoms with E-state index >= 15 is 0 Å². The smallest absolute Gasteiger partial charge is 0.252 e. The standard InChI is InChI=1S/C11H13N3O/c1-8(2)13-11(15)9-3-4-10-12-5-6-14(10)7-9/h3-8H,1-2H3,(H,13,15). The Bertz CT molecular complexity index is 487. The van der Waals surface area contributed by atoms with Crippen LogP contribution in [0.2, 0.25) is 0 Å². The van der Waals surface area contributed by atoms with Crippen molar-refractivity contribution in [2.75, 3.05) is 0 Å². The summed E-state index contributed by atoms with van der Waals surface area (Å²) in [6.07, 6.45) is 5.31. The van der Waals surface area contributed by atoms with Gasteiger partial charge in [0.2, 0.25) is 0 Å². The van der Waals surface area contributed by atoms with Crippen molar-refractivity contribution in [3.63, 3.8) is 0 Å². The van der Waals surface area contributed by atoms with Gasteiger partial charge in [0.25, 0.3) is 5.91 Å². The first-order valence-electron chi connectivity index (χ1n) is 4.90. The maximum atomic E-state index is 11.7. The van der Waals surface area contributed by atoms with E-state index in [9.17, 15) is 4.79 Å². The lowest BCUT2D eigenvalue weighted by Crippen LogP contribution is -2.30. The number of carbonyl (C=O) groups is 1. The zero-order valence-corrected chi connectivity index (χ0v) is 8.77. The average molecular weight is 203 g/mol. The van der Waals surface area contributed by atoms with Gasteiger partial charge in [-0.25, -0.2) is 4.98 Å². The van der Waals surface area contributed by atoms with Gasteiger partial charge in [-0.3, -0.25) is 4.79 Å². The number of hydrogen-bond donors (Lipinski definition) is 1. The summed E-state index contributed by atoms with van der Waals surface area (Å²) < 4.78 is 1.83. The minimum atomic E-state index is -0.0550. The van der Waals surface area contributed by atoms with Gasteiger partial charge in [-0.2, -0.15) is 0 Å². The number of pyridine rings is 1. The summed E-state index contributed by atoms with van der Waals surface area (Å²) in [6.45, 7) is 3.88. The molecule has 78 valence electrons. The molecule has 2 heterocycles. The fraction of sp³-hybridized carbons (Fsp3) is 0.273. The zero-order valence-electron chi connectivity index (χ0n) is 8.77. The van der Waals surface area contributed by atoms with Gasteiger partial charge in [-0.05, 0) is 26.0 Å². The zero-order chi connectivity index (χ0) is 10.8. The summed E-state index contributed by atoms with van der Waals surface area (Å²) >= 11 is 0. The lowest BCUT2D eigenvalue weighted by molar-refractivity contribution is 0.0942. The molecule has 15 heavy (non-hydrogen) atoms. The molecule has 0 fully saturated rings. The summed E-state index contributed by atoms with van der Waals surface area (Å²) in [5.74, 6) is -0.0550. The summed E-state index contributed by atoms with van der Waals surface area (Å²) in [5.41, 5.74) is 1.49. The predicted octanol–water partition coefficient (Wildman–Crippen LogP) is 1.47. The van der Waals surface area contributed by atoms with E-state index in [1.54, 1.807) is 18.5 Å². The minimum Gasteiger partial charge on any atom is -0.350 e. The Morgan fingerprint density at radius 3 is 3.00 bits per heavy atom. The van der Waals surface area contributed by atoms with E-state index < -0.39 is 0 Å². The van der Waals surface area contributed by atoms with E-state index in [2.05, 4.69) is 10.3 Å². The van der Waals surface area contributed by atoms with Crippen LogP contribution < -0.4 is 5.32 Å². The average Bonchev–Trinajstić information content (AvgIpc) is 2.62. The van der Waals surface area contributed by atoms with Crippen molar-refractivity contribution in [3.05, 3.63) is 36.3 Å². The largest absolute Gasteiger partial charge is 0.350 e. The van der Waals surface area contributed by atoms with Crippen LogP contribution in [0.1, 0.15) is 24.2 Å². The molecule has 0 aliphatic rings. The van der Waals surface area contributed by atoms with Crippen molar-refractivity contribution in [1.29, 1.82) is 0 Å². The molecule has 0 saturated carbocycles. The van der Waals surface area contributed by atoms with Crippen LogP contribution >= 0.6 is 0 Å². The fourth-order valence-corrected chi connectivity index (χ4v) is 1.40. The molecule has 0 aromatic carbocycles. The van der Waals surface area contributed by atoms with Gasteiger partial charge in [0.05, 0.1) is 5.56 Å². The summed E-state index contributed by atoms with van der Waals surface area (Å²) in [4.78, 5) is 15.8. The van der Waals surface area contributed by atoms with Crippen molar-refractivity contribution in [2.45, 2.75) is 19.9 Å². The van der Waals surface area contributed by atoms with Gasteiger partial charge in [0, 0.05) is 24.6 Å². The second-order valence-corrected chi connectivity index (χ2v) is 3.74. The molecule has 4 heteroatoms. The third-order valence-electron chi connectivity index (χ3n) is 2.07. The summed E-state index contributed by atoms with van der Waals surface area (Å²) in [7, 11) is 0. The highest BCUT2D eigenvalue weighted by molar-refractivity contribution is 5.94. The third-order valence-corrected chi connectivity index (χ3v) is 2.07. The Balaban J connectivity index is 2.31. The van der Waals surface area contributed by atoms with Crippen molar-refractivity contribution in [1.82, 2.24) is 14.7 Å². The monoisotopic (exact) mass is 203 g/mol. The molecule has 0 aliphatic heterocycles. The van der Waals surface area contributed by atoms with Crippen LogP contribution in [0, 0.1) is 0 Å². The first kappa shape index (κ1) is 9.71. The van der Waals surface area contributed by atoms with E-state index in [0.29, 0.717) is 5.56 Å². The van der Waals surface area contributed by atoms with E-state index in [0.717, 1.165) is 5.65 Å². The normalized spacial score (nSPS) is 10.9. The fourth-order valence-electron chi connectivity index (χ4n) is 1.40. The second-order valence-electron chi connectivity index (χ2n) is 3.74. The van der Waals surface area contributed by atoms with Crippen LogP contribution in [-0.4, -0.2) is 21.3 Å². The SMILES string of the molecule is CC(C)NC(=O)c1ccc2nccn2c1. The molecule has 1 amide bonds. The lowest BCUT2D eigenvalue weighted by Gasteiger charge is -2.08. The predicted molar refractivity (Wildman–Crippen MR) is 57.8 cm³/mol. The van der Waals surface area contributed by atoms with Gasteiger partial charge < -0.3 is 9.72 Å². The van der Waals surface area contributed by atoms with E-state index in [1.807, 2.05) is 30.5 Å². The Labute approximate surface area is 87.9 Å². The summed E-state index contributed by atoms with van der Waals surface area (Å²) in [6, 6.07) is 3.76. The molecular weight excluding hydrogens is 190 g/mol. The van der Waals surface area contributed by atoms with Crippen LogP contribution in [0.5, 0.6) is 0 Å². The molecule has 2 aromatic rings. The number of imidazole rings is 1. The first-order valence-corrected chi connectivity index (χ1v) is 4.90. The van der Waals surface area contributed by atoms with E-state index in [1.165, 1.54) is 0 Å².